The summed E-state index contributed by atoms with van der Waals surface area (Å²) in [7, 11) is 0. The summed E-state index contributed by atoms with van der Waals surface area (Å²) in [6, 6.07) is 0. The zero-order valence-electron chi connectivity index (χ0n) is 25.0. The van der Waals surface area contributed by atoms with E-state index in [9.17, 15) is 30.3 Å². The Morgan fingerprint density at radius 2 is 1.68 bits per heavy atom. The molecule has 0 saturated heterocycles. The van der Waals surface area contributed by atoms with Crippen LogP contribution in [0.2, 0.25) is 0 Å². The quantitative estimate of drug-likeness (QED) is 0.332. The Balaban J connectivity index is 1.50. The van der Waals surface area contributed by atoms with E-state index in [0.717, 1.165) is 44.1 Å². The van der Waals surface area contributed by atoms with Gasteiger partial charge in [0.25, 0.3) is 0 Å². The highest BCUT2D eigenvalue weighted by Crippen LogP contribution is 2.75. The largest absolute Gasteiger partial charge is 0.394 e. The van der Waals surface area contributed by atoms with Crippen molar-refractivity contribution in [1.29, 1.82) is 0 Å². The molecule has 0 unspecified atom stereocenters. The summed E-state index contributed by atoms with van der Waals surface area (Å²) < 4.78 is 0. The van der Waals surface area contributed by atoms with Gasteiger partial charge in [0.2, 0.25) is 0 Å². The molecule has 7 aliphatic rings. The molecule has 0 radical (unpaired) electrons. The zero-order valence-corrected chi connectivity index (χ0v) is 25.0. The number of carbonyl (C=O) groups is 1. The fourth-order valence-electron chi connectivity index (χ4n) is 11.9. The molecule has 222 valence electrons. The fraction of sp³-hybridized carbons (Fsp3) is 0.853. The van der Waals surface area contributed by atoms with Gasteiger partial charge in [-0.15, -0.1) is 5.92 Å². The van der Waals surface area contributed by atoms with Crippen LogP contribution in [0.1, 0.15) is 98.8 Å². The minimum atomic E-state index is -1.06. The van der Waals surface area contributed by atoms with Gasteiger partial charge in [0.05, 0.1) is 24.9 Å². The Morgan fingerprint density at radius 1 is 0.950 bits per heavy atom. The van der Waals surface area contributed by atoms with Gasteiger partial charge in [0.15, 0.2) is 5.78 Å². The van der Waals surface area contributed by atoms with Crippen molar-refractivity contribution in [1.82, 2.24) is 0 Å². The SMILES string of the molecule is C[C@]12CCC#C[C@H](O)[C@]3(CC1)[C@H](C2)C1=CC(=O)[C@@H]2[C@@]4(C)CC[C@H](O)[C@@](C)([C@H](O)CO)[C@H]4CC[C@@]2(C)[C@]1(C)C[C@@H]3O. The van der Waals surface area contributed by atoms with Crippen molar-refractivity contribution in [2.24, 2.45) is 50.2 Å². The van der Waals surface area contributed by atoms with Crippen LogP contribution in [0.25, 0.3) is 0 Å². The zero-order chi connectivity index (χ0) is 29.1. The van der Waals surface area contributed by atoms with E-state index < -0.39 is 58.1 Å². The maximum absolute atomic E-state index is 14.6. The molecule has 4 saturated carbocycles. The van der Waals surface area contributed by atoms with Crippen molar-refractivity contribution >= 4 is 5.78 Å². The van der Waals surface area contributed by atoms with E-state index in [4.69, 9.17) is 0 Å². The number of allylic oxidation sites excluding steroid dienone is 2. The van der Waals surface area contributed by atoms with Gasteiger partial charge in [-0.25, -0.2) is 0 Å². The van der Waals surface area contributed by atoms with Crippen LogP contribution in [0.4, 0.5) is 0 Å². The first kappa shape index (κ1) is 28.9. The van der Waals surface area contributed by atoms with Crippen molar-refractivity contribution in [3.8, 4) is 11.8 Å². The summed E-state index contributed by atoms with van der Waals surface area (Å²) in [6.07, 6.45) is 5.78. The van der Waals surface area contributed by atoms with Crippen LogP contribution >= 0.6 is 0 Å². The van der Waals surface area contributed by atoms with Crippen molar-refractivity contribution < 1.29 is 30.3 Å². The van der Waals surface area contributed by atoms with Crippen LogP contribution in [-0.2, 0) is 4.79 Å². The summed E-state index contributed by atoms with van der Waals surface area (Å²) in [5.41, 5.74) is -1.82. The highest BCUT2D eigenvalue weighted by molar-refractivity contribution is 5.95. The summed E-state index contributed by atoms with van der Waals surface area (Å²) in [5, 5.41) is 55.8. The molecular weight excluding hydrogens is 504 g/mol. The number of carbonyl (C=O) groups excluding carboxylic acids is 1. The molecule has 2 bridgehead atoms. The third-order valence-electron chi connectivity index (χ3n) is 14.5. The van der Waals surface area contributed by atoms with Crippen molar-refractivity contribution in [3.63, 3.8) is 0 Å². The second-order valence-electron chi connectivity index (χ2n) is 16.0. The van der Waals surface area contributed by atoms with Crippen molar-refractivity contribution in [3.05, 3.63) is 11.6 Å². The number of hydrogen-bond acceptors (Lipinski definition) is 6. The second kappa shape index (κ2) is 8.89. The molecule has 0 aromatic rings. The molecule has 7 aliphatic carbocycles. The Labute approximate surface area is 239 Å². The van der Waals surface area contributed by atoms with E-state index in [1.54, 1.807) is 0 Å². The molecule has 0 aromatic carbocycles. The third kappa shape index (κ3) is 3.34. The van der Waals surface area contributed by atoms with Crippen LogP contribution in [-0.4, -0.2) is 62.3 Å². The fourth-order valence-corrected chi connectivity index (χ4v) is 11.9. The monoisotopic (exact) mass is 554 g/mol. The van der Waals surface area contributed by atoms with E-state index in [0.29, 0.717) is 25.7 Å². The molecule has 0 amide bonds. The van der Waals surface area contributed by atoms with Gasteiger partial charge < -0.3 is 25.5 Å². The van der Waals surface area contributed by atoms with Crippen LogP contribution in [0.3, 0.4) is 0 Å². The molecule has 1 spiro atoms. The smallest absolute Gasteiger partial charge is 0.159 e. The Kier molecular flexibility index (Phi) is 6.42. The lowest BCUT2D eigenvalue weighted by molar-refractivity contribution is -0.239. The molecule has 0 aliphatic heterocycles. The molecule has 0 heterocycles. The normalized spacial score (nSPS) is 56.0. The van der Waals surface area contributed by atoms with E-state index in [1.165, 1.54) is 0 Å². The number of fused-ring (bicyclic) bond motifs is 9. The van der Waals surface area contributed by atoms with Crippen molar-refractivity contribution in [2.75, 3.05) is 6.61 Å². The number of aliphatic hydroxyl groups excluding tert-OH is 5. The number of rotatable bonds is 2. The lowest BCUT2D eigenvalue weighted by Crippen LogP contribution is -2.70. The Bertz CT molecular complexity index is 1180. The molecule has 6 heteroatoms. The topological polar surface area (TPSA) is 118 Å². The molecular formula is C34H50O6. The number of aliphatic hydroxyl groups is 5. The van der Waals surface area contributed by atoms with E-state index in [1.807, 2.05) is 13.0 Å². The van der Waals surface area contributed by atoms with Gasteiger partial charge >= 0.3 is 0 Å². The van der Waals surface area contributed by atoms with Gasteiger partial charge in [-0.2, -0.15) is 0 Å². The standard InChI is InChI=1S/C34H50O6/c1-29-11-7-6-8-25(38)34(15-14-29)21(17-29)20-16-22(36)28-30(2)12-10-24(37)33(5,27(40)19-35)23(30)9-13-31(28,3)32(20,4)18-26(34)39/h16,21,23-28,35,37-40H,7,9-15,17-19H2,1-5H3/t21-,23+,24+,25+,26+,27-,28-,29+,30+,31-,32-,33+,34+/m1/s1. The van der Waals surface area contributed by atoms with Crippen LogP contribution in [0.5, 0.6) is 0 Å². The first-order valence-electron chi connectivity index (χ1n) is 15.7. The second-order valence-corrected chi connectivity index (χ2v) is 16.0. The van der Waals surface area contributed by atoms with E-state index >= 15 is 0 Å². The summed E-state index contributed by atoms with van der Waals surface area (Å²) in [4.78, 5) is 14.6. The molecule has 13 atom stereocenters. The lowest BCUT2D eigenvalue weighted by Gasteiger charge is -2.71. The Morgan fingerprint density at radius 3 is 2.38 bits per heavy atom. The van der Waals surface area contributed by atoms with Gasteiger partial charge in [-0.1, -0.05) is 46.1 Å². The molecule has 7 rings (SSSR count). The summed E-state index contributed by atoms with van der Waals surface area (Å²) >= 11 is 0. The minimum absolute atomic E-state index is 0.0535. The predicted octanol–water partition coefficient (Wildman–Crippen LogP) is 3.77. The lowest BCUT2D eigenvalue weighted by atomic mass is 9.32. The summed E-state index contributed by atoms with van der Waals surface area (Å²) in [5.74, 6) is 5.88. The van der Waals surface area contributed by atoms with E-state index in [-0.39, 0.29) is 29.0 Å². The van der Waals surface area contributed by atoms with Crippen molar-refractivity contribution in [2.45, 2.75) is 123 Å². The van der Waals surface area contributed by atoms with Crippen LogP contribution < -0.4 is 0 Å². The maximum Gasteiger partial charge on any atom is 0.159 e. The number of ketones is 1. The molecule has 4 fully saturated rings. The Hall–Kier alpha value is -1.23. The third-order valence-corrected chi connectivity index (χ3v) is 14.5. The minimum Gasteiger partial charge on any atom is -0.394 e. The maximum atomic E-state index is 14.6. The average molecular weight is 555 g/mol. The van der Waals surface area contributed by atoms with Gasteiger partial charge in [-0.3, -0.25) is 4.79 Å². The molecule has 6 nitrogen and oxygen atoms in total. The first-order valence-corrected chi connectivity index (χ1v) is 15.7. The number of hydrogen-bond donors (Lipinski definition) is 5. The first-order chi connectivity index (χ1) is 18.6. The summed E-state index contributed by atoms with van der Waals surface area (Å²) in [6.45, 7) is 10.5. The molecule has 40 heavy (non-hydrogen) atoms. The van der Waals surface area contributed by atoms with Gasteiger partial charge in [-0.05, 0) is 97.4 Å². The van der Waals surface area contributed by atoms with Crippen LogP contribution in [0, 0.1) is 62.1 Å². The predicted molar refractivity (Wildman–Crippen MR) is 152 cm³/mol. The van der Waals surface area contributed by atoms with Crippen LogP contribution in [0.15, 0.2) is 11.6 Å². The van der Waals surface area contributed by atoms with Gasteiger partial charge in [0.1, 0.15) is 6.10 Å². The highest BCUT2D eigenvalue weighted by atomic mass is 16.3. The molecule has 0 aromatic heterocycles. The van der Waals surface area contributed by atoms with E-state index in [2.05, 4.69) is 39.5 Å². The highest BCUT2D eigenvalue weighted by Gasteiger charge is 2.73. The van der Waals surface area contributed by atoms with Gasteiger partial charge in [0, 0.05) is 23.2 Å². The molecule has 5 N–H and O–H groups in total. The average Bonchev–Trinajstić information content (AvgIpc) is 2.99.